The van der Waals surface area contributed by atoms with Crippen LogP contribution in [-0.2, 0) is 139 Å². The first-order valence-corrected chi connectivity index (χ1v) is 50.7. The molecule has 35 nitrogen and oxygen atoms in total. The van der Waals surface area contributed by atoms with Crippen LogP contribution in [0.2, 0.25) is 0 Å². The van der Waals surface area contributed by atoms with Crippen molar-refractivity contribution in [3.8, 4) is 50.6 Å². The predicted molar refractivity (Wildman–Crippen MR) is 531 cm³/mol. The molecule has 0 spiro atoms. The monoisotopic (exact) mass is 1970 g/mol. The lowest BCUT2D eigenvalue weighted by molar-refractivity contribution is -0.130. The minimum atomic E-state index is -2.64. The number of fused-ring (bicyclic) bond motifs is 8. The molecule has 756 valence electrons. The van der Waals surface area contributed by atoms with Crippen molar-refractivity contribution in [2.24, 2.45) is 28.2 Å². The maximum atomic E-state index is 14.3. The van der Waals surface area contributed by atoms with E-state index in [0.29, 0.717) is 125 Å². The molecule has 8 aromatic heterocycles. The van der Waals surface area contributed by atoms with Crippen LogP contribution in [0.3, 0.4) is 0 Å². The summed E-state index contributed by atoms with van der Waals surface area (Å²) in [5.41, 5.74) is 24.6. The summed E-state index contributed by atoms with van der Waals surface area (Å²) >= 11 is 0. The number of ether oxygens (including phenoxy) is 5. The first-order valence-electron chi connectivity index (χ1n) is 50.7. The standard InChI is InChI=1S/C27H31N7O2.C26H31F2N7O2.C26H30F2N6O3.C26H32N6O2/c1-18(35)32-9-5-25-24(17-32)27(30-34(25)22-6-10-36-11-7-22)33-8-3-4-19-12-23(20(14-28)13-26(19)33)21-15-29-31(2)16-21;1-29-26(36)33-8-5-22-21(14-33)25(31-35(22)18-6-9-37-15-18)34-7-3-4-16-10-19(17-12-30-32(2)13-17)20(24(27)28)11-23(16)34;1-31-13-17(12-29-31)19-10-16-4-3-7-33(23(16)11-20(19)24(27)28)25-21-14-32(26(35)36-2)8-5-22(21)34(30-25)18-6-9-37-15-18;1-18(33)30-11-8-25-23(16-30)26(28-32(25)22-9-12-34-17-22)31-10-4-3-5-20-13-19(6-7-24(20)31)21-14-27-29(2)15-21/h12-13,15-16,22H,3-11,17H2,1-2H3;10-13,18,24H,3-9,14-15H2,1-2H3,(H,29,36);10-13,18,24H,3-9,14-15H2,1-2H3;6-7,13-15,22H,3-5,8-12,16-17H2,1-2H3/t;2*18-;22-/m.000/s1. The van der Waals surface area contributed by atoms with Gasteiger partial charge in [-0.1, -0.05) is 6.07 Å². The zero-order valence-corrected chi connectivity index (χ0v) is 83.0. The van der Waals surface area contributed by atoms with Crippen LogP contribution in [0.15, 0.2) is 104 Å². The summed E-state index contributed by atoms with van der Waals surface area (Å²) in [5, 5.41) is 50.4. The zero-order chi connectivity index (χ0) is 99.4. The Morgan fingerprint density at radius 2 is 0.757 bits per heavy atom. The van der Waals surface area contributed by atoms with Crippen LogP contribution in [0.4, 0.5) is 73.2 Å². The maximum absolute atomic E-state index is 14.3. The minimum absolute atomic E-state index is 0.0110. The van der Waals surface area contributed by atoms with E-state index in [9.17, 15) is 42.0 Å². The van der Waals surface area contributed by atoms with E-state index in [0.717, 1.165) is 252 Å². The number of nitrogens with one attached hydrogen (secondary N) is 1. The lowest BCUT2D eigenvalue weighted by Gasteiger charge is -2.33. The van der Waals surface area contributed by atoms with E-state index < -0.39 is 12.9 Å². The fourth-order valence-corrected chi connectivity index (χ4v) is 23.2. The molecule has 0 saturated carbocycles. The summed E-state index contributed by atoms with van der Waals surface area (Å²) in [6.45, 7) is 16.6. The highest BCUT2D eigenvalue weighted by atomic mass is 19.3. The molecule has 4 fully saturated rings. The van der Waals surface area contributed by atoms with Gasteiger partial charge in [0.25, 0.3) is 12.9 Å². The van der Waals surface area contributed by atoms with Crippen molar-refractivity contribution in [1.29, 1.82) is 5.26 Å². The molecule has 144 heavy (non-hydrogen) atoms. The summed E-state index contributed by atoms with van der Waals surface area (Å²) in [7, 11) is 10.4. The van der Waals surface area contributed by atoms with Gasteiger partial charge in [-0.05, 0) is 177 Å². The number of rotatable bonds is 14. The number of hydrogen-bond acceptors (Lipinski definition) is 22. The molecule has 12 aliphatic heterocycles. The van der Waals surface area contributed by atoms with Crippen LogP contribution in [-0.4, -0.2) is 241 Å². The van der Waals surface area contributed by atoms with Crippen molar-refractivity contribution in [2.75, 3.05) is 139 Å². The Labute approximate surface area is 833 Å². The lowest BCUT2D eigenvalue weighted by atomic mass is 9.92. The number of hydrogen-bond donors (Lipinski definition) is 1. The highest BCUT2D eigenvalue weighted by Crippen LogP contribution is 2.50. The van der Waals surface area contributed by atoms with Crippen LogP contribution in [0.25, 0.3) is 44.5 Å². The normalized spacial score (nSPS) is 19.2. The second-order valence-electron chi connectivity index (χ2n) is 39.6. The molecule has 24 rings (SSSR count). The van der Waals surface area contributed by atoms with Crippen molar-refractivity contribution < 1.29 is 60.4 Å². The number of nitriles is 1. The predicted octanol–water partition coefficient (Wildman–Crippen LogP) is 15.5. The second kappa shape index (κ2) is 41.2. The molecule has 39 heteroatoms. The Morgan fingerprint density at radius 1 is 0.403 bits per heavy atom. The maximum Gasteiger partial charge on any atom is 0.409 e. The van der Waals surface area contributed by atoms with E-state index in [-0.39, 0.29) is 53.2 Å². The number of aryl methyl sites for hydroxylation is 8. The highest BCUT2D eigenvalue weighted by Gasteiger charge is 2.42. The molecule has 5 amide bonds. The van der Waals surface area contributed by atoms with E-state index >= 15 is 0 Å². The molecule has 4 aromatic carbocycles. The number of aromatic nitrogens is 16. The molecule has 3 atom stereocenters. The van der Waals surface area contributed by atoms with Gasteiger partial charge in [-0.25, -0.2) is 27.2 Å². The fourth-order valence-electron chi connectivity index (χ4n) is 23.2. The zero-order valence-electron chi connectivity index (χ0n) is 83.0. The summed E-state index contributed by atoms with van der Waals surface area (Å²) in [5.74, 6) is 3.66. The molecule has 0 unspecified atom stereocenters. The van der Waals surface area contributed by atoms with Gasteiger partial charge in [0.2, 0.25) is 11.8 Å². The number of amides is 5. The number of carbonyl (C=O) groups excluding carboxylic acids is 4. The summed E-state index contributed by atoms with van der Waals surface area (Å²) in [6.07, 6.45) is 25.1. The van der Waals surface area contributed by atoms with Gasteiger partial charge < -0.3 is 68.2 Å². The van der Waals surface area contributed by atoms with Crippen LogP contribution >= 0.6 is 0 Å². The fraction of sp³-hybridized carbons (Fsp3) is 0.495. The van der Waals surface area contributed by atoms with Crippen LogP contribution in [0, 0.1) is 11.3 Å². The third-order valence-electron chi connectivity index (χ3n) is 30.6. The third kappa shape index (κ3) is 18.9. The SMILES string of the molecule is CC(=O)N1CCc2c(c(N3CCCCc4cc(-c5cnn(C)c5)ccc43)nn2[C@H]2CCOC2)C1.CC(=O)N1CCc2c(c(N3CCCc4cc(-c5cnn(C)c5)c(C#N)cc43)nn2C2CCOCC2)C1.CNC(=O)N1CCc2c(c(N3CCCc4cc(-c5cnn(C)c5)c(C(F)F)cc43)nn2[C@H]2CCOC2)C1.COC(=O)N1CCc2c(c(N3CCCc4cc(-c5cnn(C)c5)c(C(F)F)cc43)nn2[C@H]2CCOC2)C1. The topological polar surface area (TPSA) is 319 Å². The Hall–Kier alpha value is -13.7. The average molecular weight is 1970 g/mol. The smallest absolute Gasteiger partial charge is 0.409 e. The summed E-state index contributed by atoms with van der Waals surface area (Å²) in [6, 6.07) is 21.1. The first-order chi connectivity index (χ1) is 70.0. The van der Waals surface area contributed by atoms with Crippen molar-refractivity contribution in [3.05, 3.63) is 188 Å². The molecule has 4 saturated heterocycles. The highest BCUT2D eigenvalue weighted by molar-refractivity contribution is 5.84. The molecular formula is C105H124F4N26O9. The quantitative estimate of drug-likeness (QED) is 0.0988. The molecular weight excluding hydrogens is 1850 g/mol. The lowest BCUT2D eigenvalue weighted by Crippen LogP contribution is -2.42. The van der Waals surface area contributed by atoms with Crippen LogP contribution in [0.1, 0.15) is 199 Å². The Kier molecular flexibility index (Phi) is 27.6. The first kappa shape index (κ1) is 96.4. The van der Waals surface area contributed by atoms with Crippen LogP contribution < -0.4 is 24.9 Å². The van der Waals surface area contributed by atoms with Crippen molar-refractivity contribution in [2.45, 2.75) is 193 Å². The Balaban J connectivity index is 0.000000113. The molecule has 1 N–H and O–H groups in total. The number of nitrogens with zero attached hydrogens (tertiary/aromatic N) is 25. The average Bonchev–Trinajstić information content (AvgIpc) is 1.59. The summed E-state index contributed by atoms with van der Waals surface area (Å²) < 4.78 is 100. The van der Waals surface area contributed by atoms with Gasteiger partial charge in [0.05, 0.1) is 114 Å². The molecule has 12 aliphatic rings. The van der Waals surface area contributed by atoms with E-state index in [1.165, 1.54) is 46.4 Å². The van der Waals surface area contributed by atoms with Gasteiger partial charge >= 0.3 is 12.1 Å². The minimum Gasteiger partial charge on any atom is -0.453 e. The molecule has 12 aromatic rings. The van der Waals surface area contributed by atoms with E-state index in [1.807, 2.05) is 65.4 Å². The van der Waals surface area contributed by atoms with E-state index in [1.54, 1.807) is 95.8 Å². The number of benzene rings is 4. The third-order valence-corrected chi connectivity index (χ3v) is 30.6. The number of anilines is 8. The number of methoxy groups -OCH3 is 1. The van der Waals surface area contributed by atoms with Crippen LogP contribution in [0.5, 0.6) is 0 Å². The molecule has 0 radical (unpaired) electrons. The molecule has 0 aliphatic carbocycles. The largest absolute Gasteiger partial charge is 0.453 e. The van der Waals surface area contributed by atoms with Gasteiger partial charge in [0.15, 0.2) is 23.3 Å². The Bertz CT molecular complexity index is 6650. The van der Waals surface area contributed by atoms with Gasteiger partial charge in [0, 0.05) is 292 Å². The number of urea groups is 1. The Morgan fingerprint density at radius 3 is 1.15 bits per heavy atom. The van der Waals surface area contributed by atoms with Gasteiger partial charge in [-0.15, -0.1) is 0 Å². The number of halogens is 4. The molecule has 20 heterocycles. The summed E-state index contributed by atoms with van der Waals surface area (Å²) in [4.78, 5) is 65.5. The number of carbonyl (C=O) groups is 4. The van der Waals surface area contributed by atoms with Gasteiger partial charge in [0.1, 0.15) is 0 Å². The second-order valence-corrected chi connectivity index (χ2v) is 39.6. The van der Waals surface area contributed by atoms with E-state index in [2.05, 4.69) is 101 Å². The van der Waals surface area contributed by atoms with Gasteiger partial charge in [-0.2, -0.15) is 46.1 Å². The van der Waals surface area contributed by atoms with Crippen molar-refractivity contribution >= 4 is 70.0 Å². The molecule has 0 bridgehead atoms. The van der Waals surface area contributed by atoms with E-state index in [4.69, 9.17) is 44.1 Å². The number of alkyl halides is 4. The van der Waals surface area contributed by atoms with Crippen molar-refractivity contribution in [1.82, 2.24) is 103 Å². The van der Waals surface area contributed by atoms with Gasteiger partial charge in [-0.3, -0.25) is 47.0 Å². The van der Waals surface area contributed by atoms with Crippen molar-refractivity contribution in [3.63, 3.8) is 0 Å².